The fourth-order valence-electron chi connectivity index (χ4n) is 3.37. The second-order valence-corrected chi connectivity index (χ2v) is 8.48. The normalized spacial score (nSPS) is 11.5. The molecular weight excluding hydrogens is 466 g/mol. The van der Waals surface area contributed by atoms with Crippen molar-refractivity contribution in [1.82, 2.24) is 25.3 Å². The fraction of sp³-hybridized carbons (Fsp3) is 0.217. The van der Waals surface area contributed by atoms with Crippen molar-refractivity contribution in [2.75, 3.05) is 5.32 Å². The Morgan fingerprint density at radius 3 is 2.56 bits per heavy atom. The molecule has 176 valence electrons. The Bertz CT molecular complexity index is 1340. The molecule has 8 nitrogen and oxygen atoms in total. The minimum absolute atomic E-state index is 0.121. The molecule has 0 bridgehead atoms. The molecule has 0 fully saturated rings. The summed E-state index contributed by atoms with van der Waals surface area (Å²) in [5, 5.41) is 5.91. The van der Waals surface area contributed by atoms with Crippen LogP contribution in [0.1, 0.15) is 32.0 Å². The summed E-state index contributed by atoms with van der Waals surface area (Å²) < 4.78 is 33.5. The number of hydrogen-bond acceptors (Lipinski definition) is 6. The number of H-pyrrole nitrogens is 1. The Morgan fingerprint density at radius 2 is 1.91 bits per heavy atom. The number of anilines is 1. The number of aromatic amines is 1. The third kappa shape index (κ3) is 5.07. The number of carbonyl (C=O) groups excluding carboxylic acids is 1. The van der Waals surface area contributed by atoms with Gasteiger partial charge in [0.05, 0.1) is 28.0 Å². The molecule has 3 N–H and O–H groups in total. The van der Waals surface area contributed by atoms with E-state index >= 15 is 0 Å². The number of halogens is 3. The molecule has 0 radical (unpaired) electrons. The van der Waals surface area contributed by atoms with E-state index in [9.17, 15) is 13.6 Å². The number of carbonyl (C=O) groups is 1. The highest BCUT2D eigenvalue weighted by atomic mass is 35.5. The predicted molar refractivity (Wildman–Crippen MR) is 124 cm³/mol. The van der Waals surface area contributed by atoms with Gasteiger partial charge in [-0.3, -0.25) is 9.78 Å². The highest BCUT2D eigenvalue weighted by Gasteiger charge is 2.23. The lowest BCUT2D eigenvalue weighted by atomic mass is 10.00. The number of imidazole rings is 1. The number of aromatic nitrogens is 4. The van der Waals surface area contributed by atoms with Crippen LogP contribution in [-0.2, 0) is 16.9 Å². The summed E-state index contributed by atoms with van der Waals surface area (Å²) in [4.78, 5) is 27.3. The minimum atomic E-state index is -0.666. The number of amides is 1. The van der Waals surface area contributed by atoms with Crippen LogP contribution in [0, 0.1) is 11.6 Å². The maximum absolute atomic E-state index is 13.9. The smallest absolute Gasteiger partial charge is 0.301 e. The van der Waals surface area contributed by atoms with E-state index in [1.165, 1.54) is 31.3 Å². The summed E-state index contributed by atoms with van der Waals surface area (Å²) in [6.07, 6.45) is 1.52. The Balaban J connectivity index is 1.50. The Labute approximate surface area is 198 Å². The molecule has 3 heterocycles. The first-order valence-electron chi connectivity index (χ1n) is 10.3. The fourth-order valence-corrected chi connectivity index (χ4v) is 3.59. The summed E-state index contributed by atoms with van der Waals surface area (Å²) in [5.74, 6) is -0.851. The molecule has 0 aliphatic rings. The van der Waals surface area contributed by atoms with Gasteiger partial charge in [0.15, 0.2) is 5.65 Å². The number of nitrogens with one attached hydrogen (secondary N) is 3. The van der Waals surface area contributed by atoms with Crippen molar-refractivity contribution in [2.45, 2.75) is 32.9 Å². The lowest BCUT2D eigenvalue weighted by molar-refractivity contribution is -0.120. The summed E-state index contributed by atoms with van der Waals surface area (Å²) in [6, 6.07) is 8.84. The SMILES string of the molecule is CC(=O)NC(C)(C)c1ccc(Oc2nc3nc(NCc4c(F)cccc4F)c(Cl)cc3[nH]2)cn1. The summed E-state index contributed by atoms with van der Waals surface area (Å²) in [5.41, 5.74) is 0.713. The number of fused-ring (bicyclic) bond motifs is 1. The van der Waals surface area contributed by atoms with E-state index in [1.807, 2.05) is 13.8 Å². The zero-order valence-corrected chi connectivity index (χ0v) is 19.3. The highest BCUT2D eigenvalue weighted by molar-refractivity contribution is 6.33. The largest absolute Gasteiger partial charge is 0.424 e. The first-order chi connectivity index (χ1) is 16.1. The highest BCUT2D eigenvalue weighted by Crippen LogP contribution is 2.28. The van der Waals surface area contributed by atoms with Gasteiger partial charge in [0.1, 0.15) is 23.2 Å². The van der Waals surface area contributed by atoms with Gasteiger partial charge in [0.25, 0.3) is 0 Å². The first-order valence-corrected chi connectivity index (χ1v) is 10.7. The number of benzene rings is 1. The predicted octanol–water partition coefficient (Wildman–Crippen LogP) is 5.06. The number of hydrogen-bond donors (Lipinski definition) is 3. The number of ether oxygens (including phenoxy) is 1. The first kappa shape index (κ1) is 23.4. The van der Waals surface area contributed by atoms with Gasteiger partial charge in [-0.25, -0.2) is 13.8 Å². The van der Waals surface area contributed by atoms with Gasteiger partial charge >= 0.3 is 6.01 Å². The zero-order valence-electron chi connectivity index (χ0n) is 18.5. The van der Waals surface area contributed by atoms with Gasteiger partial charge in [-0.15, -0.1) is 0 Å². The van der Waals surface area contributed by atoms with Gasteiger partial charge < -0.3 is 20.4 Å². The van der Waals surface area contributed by atoms with E-state index in [0.717, 1.165) is 0 Å². The quantitative estimate of drug-likeness (QED) is 0.337. The third-order valence-electron chi connectivity index (χ3n) is 4.98. The van der Waals surface area contributed by atoms with Crippen LogP contribution < -0.4 is 15.4 Å². The van der Waals surface area contributed by atoms with Crippen molar-refractivity contribution in [3.05, 3.63) is 70.5 Å². The lowest BCUT2D eigenvalue weighted by Crippen LogP contribution is -2.40. The number of rotatable bonds is 7. The van der Waals surface area contributed by atoms with Crippen LogP contribution in [0.25, 0.3) is 11.2 Å². The van der Waals surface area contributed by atoms with Gasteiger partial charge in [-0.1, -0.05) is 17.7 Å². The molecule has 0 atom stereocenters. The third-order valence-corrected chi connectivity index (χ3v) is 5.27. The summed E-state index contributed by atoms with van der Waals surface area (Å²) >= 11 is 6.27. The molecule has 0 aliphatic heterocycles. The molecule has 3 aromatic heterocycles. The standard InChI is InChI=1S/C23H21ClF2N6O2/c1-12(33)32-23(2,3)19-8-7-13(10-27-19)34-22-29-18-9-15(24)20(30-21(18)31-22)28-11-14-16(25)5-4-6-17(14)26/h4-10H,11H2,1-3H3,(H,32,33)(H2,28,29,30,31). The molecule has 1 amide bonds. The molecule has 11 heteroatoms. The molecule has 4 rings (SSSR count). The molecule has 0 unspecified atom stereocenters. The van der Waals surface area contributed by atoms with Crippen LogP contribution >= 0.6 is 11.6 Å². The van der Waals surface area contributed by atoms with Gasteiger partial charge in [0.2, 0.25) is 5.91 Å². The van der Waals surface area contributed by atoms with E-state index in [-0.39, 0.29) is 34.9 Å². The average Bonchev–Trinajstić information content (AvgIpc) is 3.13. The van der Waals surface area contributed by atoms with Gasteiger partial charge in [-0.2, -0.15) is 4.98 Å². The van der Waals surface area contributed by atoms with Crippen LogP contribution in [-0.4, -0.2) is 25.8 Å². The monoisotopic (exact) mass is 486 g/mol. The second-order valence-electron chi connectivity index (χ2n) is 8.07. The molecule has 1 aromatic carbocycles. The van der Waals surface area contributed by atoms with Gasteiger partial charge in [0, 0.05) is 19.0 Å². The summed E-state index contributed by atoms with van der Waals surface area (Å²) in [6.45, 7) is 4.99. The van der Waals surface area contributed by atoms with Crippen molar-refractivity contribution in [2.24, 2.45) is 0 Å². The minimum Gasteiger partial charge on any atom is -0.424 e. The van der Waals surface area contributed by atoms with Crippen molar-refractivity contribution in [3.63, 3.8) is 0 Å². The maximum atomic E-state index is 13.9. The molecule has 0 aliphatic carbocycles. The Morgan fingerprint density at radius 1 is 1.18 bits per heavy atom. The van der Waals surface area contributed by atoms with E-state index < -0.39 is 17.2 Å². The number of nitrogens with zero attached hydrogens (tertiary/aromatic N) is 3. The molecule has 0 saturated heterocycles. The van der Waals surface area contributed by atoms with Crippen LogP contribution in [0.4, 0.5) is 14.6 Å². The van der Waals surface area contributed by atoms with E-state index in [4.69, 9.17) is 16.3 Å². The average molecular weight is 487 g/mol. The van der Waals surface area contributed by atoms with Crippen LogP contribution in [0.2, 0.25) is 5.02 Å². The van der Waals surface area contributed by atoms with Crippen molar-refractivity contribution in [1.29, 1.82) is 0 Å². The van der Waals surface area contributed by atoms with Gasteiger partial charge in [-0.05, 0) is 44.2 Å². The molecular formula is C23H21ClF2N6O2. The number of pyridine rings is 2. The van der Waals surface area contributed by atoms with Crippen molar-refractivity contribution in [3.8, 4) is 11.8 Å². The van der Waals surface area contributed by atoms with Crippen LogP contribution in [0.5, 0.6) is 11.8 Å². The molecule has 0 saturated carbocycles. The van der Waals surface area contributed by atoms with Crippen molar-refractivity contribution >= 4 is 34.5 Å². The topological polar surface area (TPSA) is 105 Å². The van der Waals surface area contributed by atoms with E-state index in [2.05, 4.69) is 30.6 Å². The second kappa shape index (κ2) is 9.22. The molecule has 4 aromatic rings. The van der Waals surface area contributed by atoms with Crippen LogP contribution in [0.3, 0.4) is 0 Å². The van der Waals surface area contributed by atoms with Crippen molar-refractivity contribution < 1.29 is 18.3 Å². The molecule has 0 spiro atoms. The van der Waals surface area contributed by atoms with Crippen LogP contribution in [0.15, 0.2) is 42.6 Å². The van der Waals surface area contributed by atoms with E-state index in [0.29, 0.717) is 22.6 Å². The zero-order chi connectivity index (χ0) is 24.5. The maximum Gasteiger partial charge on any atom is 0.301 e. The Hall–Kier alpha value is -3.79. The lowest BCUT2D eigenvalue weighted by Gasteiger charge is -2.24. The summed E-state index contributed by atoms with van der Waals surface area (Å²) in [7, 11) is 0. The van der Waals surface area contributed by atoms with E-state index in [1.54, 1.807) is 18.2 Å². The molecule has 34 heavy (non-hydrogen) atoms. The Kier molecular flexibility index (Phi) is 6.34.